The zero-order chi connectivity index (χ0) is 16.8. The van der Waals surface area contributed by atoms with Crippen LogP contribution >= 0.6 is 12.4 Å². The summed E-state index contributed by atoms with van der Waals surface area (Å²) in [5.74, 6) is 1.11. The lowest BCUT2D eigenvalue weighted by Crippen LogP contribution is -2.48. The number of nitrogens with one attached hydrogen (secondary N) is 1. The Balaban J connectivity index is 0.00000208. The molecule has 0 radical (unpaired) electrons. The number of hydrogen-bond donors (Lipinski definition) is 1. The van der Waals surface area contributed by atoms with Crippen molar-refractivity contribution in [3.8, 4) is 0 Å². The van der Waals surface area contributed by atoms with Crippen LogP contribution in [0.1, 0.15) is 37.9 Å². The lowest BCUT2D eigenvalue weighted by atomic mass is 9.88. The van der Waals surface area contributed by atoms with Crippen molar-refractivity contribution in [2.24, 2.45) is 11.8 Å². The average molecular weight is 352 g/mol. The molecule has 1 aromatic carbocycles. The summed E-state index contributed by atoms with van der Waals surface area (Å²) >= 11 is 0. The number of amides is 2. The normalized spacial score (nSPS) is 26.9. The van der Waals surface area contributed by atoms with Gasteiger partial charge in [0.15, 0.2) is 0 Å². The largest absolute Gasteiger partial charge is 0.333 e. The van der Waals surface area contributed by atoms with E-state index in [1.54, 1.807) is 0 Å². The smallest absolute Gasteiger partial charge is 0.317 e. The second-order valence-corrected chi connectivity index (χ2v) is 8.25. The second-order valence-electron chi connectivity index (χ2n) is 8.25. The van der Waals surface area contributed by atoms with Gasteiger partial charge in [0.2, 0.25) is 0 Å². The number of halogens is 1. The van der Waals surface area contributed by atoms with E-state index < -0.39 is 0 Å². The molecule has 134 valence electrons. The molecule has 0 aromatic heterocycles. The first kappa shape index (κ1) is 19.1. The van der Waals surface area contributed by atoms with E-state index in [4.69, 9.17) is 0 Å². The molecule has 0 saturated carbocycles. The summed E-state index contributed by atoms with van der Waals surface area (Å²) < 4.78 is 0. The highest BCUT2D eigenvalue weighted by Gasteiger charge is 2.47. The Bertz CT molecular complexity index is 599. The Morgan fingerprint density at radius 1 is 1.17 bits per heavy atom. The van der Waals surface area contributed by atoms with E-state index in [1.807, 2.05) is 25.7 Å². The van der Waals surface area contributed by atoms with Gasteiger partial charge >= 0.3 is 6.03 Å². The first-order valence-corrected chi connectivity index (χ1v) is 8.59. The maximum Gasteiger partial charge on any atom is 0.317 e. The van der Waals surface area contributed by atoms with E-state index in [-0.39, 0.29) is 24.0 Å². The summed E-state index contributed by atoms with van der Waals surface area (Å²) in [4.78, 5) is 17.0. The number of benzene rings is 1. The molecule has 3 rings (SSSR count). The van der Waals surface area contributed by atoms with E-state index in [9.17, 15) is 4.79 Å². The Morgan fingerprint density at radius 2 is 1.83 bits per heavy atom. The van der Waals surface area contributed by atoms with Crippen molar-refractivity contribution in [2.45, 2.75) is 39.3 Å². The fourth-order valence-corrected chi connectivity index (χ4v) is 4.21. The molecule has 0 spiro atoms. The number of likely N-dealkylation sites (tertiary alicyclic amines) is 2. The molecule has 2 heterocycles. The molecule has 3 atom stereocenters. The highest BCUT2D eigenvalue weighted by Crippen LogP contribution is 2.44. The number of carbonyl (C=O) groups excluding carboxylic acids is 1. The molecule has 2 fully saturated rings. The van der Waals surface area contributed by atoms with Crippen molar-refractivity contribution in [2.75, 3.05) is 26.7 Å². The fourth-order valence-electron chi connectivity index (χ4n) is 4.21. The van der Waals surface area contributed by atoms with Gasteiger partial charge in [0, 0.05) is 37.1 Å². The van der Waals surface area contributed by atoms with Crippen LogP contribution in [-0.4, -0.2) is 48.1 Å². The van der Waals surface area contributed by atoms with Gasteiger partial charge in [0.25, 0.3) is 0 Å². The predicted octanol–water partition coefficient (Wildman–Crippen LogP) is 3.46. The SMILES string of the molecule is Cc1ccccc1[C@H]1[C@@H]2CN(C(=O)NC(C)(C)C)C[C@@H]2CN1C.Cl. The molecule has 0 aliphatic carbocycles. The molecule has 2 aliphatic heterocycles. The highest BCUT2D eigenvalue weighted by molar-refractivity contribution is 5.85. The van der Waals surface area contributed by atoms with Crippen molar-refractivity contribution in [1.29, 1.82) is 0 Å². The number of nitrogens with zero attached hydrogens (tertiary/aromatic N) is 2. The van der Waals surface area contributed by atoms with Crippen LogP contribution in [-0.2, 0) is 0 Å². The standard InChI is InChI=1S/C19H29N3O.ClH/c1-13-8-6-7-9-15(13)17-16-12-22(11-14(16)10-21(17)5)18(23)20-19(2,3)4;/h6-9,14,16-17H,10-12H2,1-5H3,(H,20,23);1H/t14-,16+,17-;/m0./s1. The van der Waals surface area contributed by atoms with Crippen LogP contribution in [0.25, 0.3) is 0 Å². The molecule has 0 bridgehead atoms. The van der Waals surface area contributed by atoms with Crippen molar-refractivity contribution in [3.05, 3.63) is 35.4 Å². The Hall–Kier alpha value is -1.26. The number of fused-ring (bicyclic) bond motifs is 1. The predicted molar refractivity (Wildman–Crippen MR) is 101 cm³/mol. The summed E-state index contributed by atoms with van der Waals surface area (Å²) in [6, 6.07) is 9.17. The van der Waals surface area contributed by atoms with Crippen molar-refractivity contribution < 1.29 is 4.79 Å². The minimum atomic E-state index is -0.180. The first-order chi connectivity index (χ1) is 10.8. The summed E-state index contributed by atoms with van der Waals surface area (Å²) in [6.45, 7) is 11.1. The topological polar surface area (TPSA) is 35.6 Å². The summed E-state index contributed by atoms with van der Waals surface area (Å²) in [7, 11) is 2.22. The van der Waals surface area contributed by atoms with Crippen LogP contribution in [0.5, 0.6) is 0 Å². The molecular weight excluding hydrogens is 322 g/mol. The first-order valence-electron chi connectivity index (χ1n) is 8.59. The average Bonchev–Trinajstić information content (AvgIpc) is 2.95. The second kappa shape index (κ2) is 6.93. The minimum absolute atomic E-state index is 0. The van der Waals surface area contributed by atoms with E-state index in [1.165, 1.54) is 11.1 Å². The van der Waals surface area contributed by atoms with Gasteiger partial charge in [-0.3, -0.25) is 4.90 Å². The molecule has 5 heteroatoms. The third kappa shape index (κ3) is 3.70. The Morgan fingerprint density at radius 3 is 2.46 bits per heavy atom. The van der Waals surface area contributed by atoms with Gasteiger partial charge < -0.3 is 10.2 Å². The van der Waals surface area contributed by atoms with Crippen molar-refractivity contribution >= 4 is 18.4 Å². The van der Waals surface area contributed by atoms with Gasteiger partial charge in [-0.2, -0.15) is 0 Å². The summed E-state index contributed by atoms with van der Waals surface area (Å²) in [5.41, 5.74) is 2.59. The quantitative estimate of drug-likeness (QED) is 0.841. The van der Waals surface area contributed by atoms with Crippen LogP contribution in [0.3, 0.4) is 0 Å². The molecule has 1 aromatic rings. The minimum Gasteiger partial charge on any atom is -0.333 e. The van der Waals surface area contributed by atoms with Gasteiger partial charge in [0.1, 0.15) is 0 Å². The number of carbonyl (C=O) groups is 1. The van der Waals surface area contributed by atoms with Crippen LogP contribution in [0, 0.1) is 18.8 Å². The van der Waals surface area contributed by atoms with Crippen LogP contribution in [0.2, 0.25) is 0 Å². The molecule has 4 nitrogen and oxygen atoms in total. The summed E-state index contributed by atoms with van der Waals surface area (Å²) in [5, 5.41) is 3.10. The molecule has 1 N–H and O–H groups in total. The monoisotopic (exact) mass is 351 g/mol. The number of aryl methyl sites for hydroxylation is 1. The number of rotatable bonds is 1. The Kier molecular flexibility index (Phi) is 5.50. The van der Waals surface area contributed by atoms with Gasteiger partial charge in [-0.25, -0.2) is 4.79 Å². The van der Waals surface area contributed by atoms with Gasteiger partial charge in [0.05, 0.1) is 0 Å². The van der Waals surface area contributed by atoms with Gasteiger partial charge in [-0.05, 0) is 51.8 Å². The third-order valence-corrected chi connectivity index (χ3v) is 5.17. The number of urea groups is 1. The molecule has 0 unspecified atom stereocenters. The van der Waals surface area contributed by atoms with E-state index in [2.05, 4.69) is 48.5 Å². The van der Waals surface area contributed by atoms with Crippen LogP contribution in [0.15, 0.2) is 24.3 Å². The summed E-state index contributed by atoms with van der Waals surface area (Å²) in [6.07, 6.45) is 0. The van der Waals surface area contributed by atoms with Crippen molar-refractivity contribution in [1.82, 2.24) is 15.1 Å². The molecule has 2 saturated heterocycles. The molecule has 2 amide bonds. The molecule has 2 aliphatic rings. The number of hydrogen-bond acceptors (Lipinski definition) is 2. The third-order valence-electron chi connectivity index (χ3n) is 5.17. The van der Waals surface area contributed by atoms with Gasteiger partial charge in [-0.15, -0.1) is 12.4 Å². The maximum absolute atomic E-state index is 12.5. The zero-order valence-corrected chi connectivity index (χ0v) is 16.2. The van der Waals surface area contributed by atoms with E-state index >= 15 is 0 Å². The molecule has 24 heavy (non-hydrogen) atoms. The van der Waals surface area contributed by atoms with Gasteiger partial charge in [-0.1, -0.05) is 24.3 Å². The van der Waals surface area contributed by atoms with E-state index in [0.29, 0.717) is 17.9 Å². The fraction of sp³-hybridized carbons (Fsp3) is 0.632. The van der Waals surface area contributed by atoms with E-state index in [0.717, 1.165) is 19.6 Å². The zero-order valence-electron chi connectivity index (χ0n) is 15.4. The lowest BCUT2D eigenvalue weighted by Gasteiger charge is -2.29. The van der Waals surface area contributed by atoms with Crippen LogP contribution in [0.4, 0.5) is 4.79 Å². The highest BCUT2D eigenvalue weighted by atomic mass is 35.5. The van der Waals surface area contributed by atoms with Crippen molar-refractivity contribution in [3.63, 3.8) is 0 Å². The van der Waals surface area contributed by atoms with Crippen LogP contribution < -0.4 is 5.32 Å². The lowest BCUT2D eigenvalue weighted by molar-refractivity contribution is 0.186. The molecular formula is C19H30ClN3O. The maximum atomic E-state index is 12.5. The Labute approximate surface area is 152 Å².